The number of aromatic nitrogens is 2. The Morgan fingerprint density at radius 3 is 2.76 bits per heavy atom. The first kappa shape index (κ1) is 14.0. The number of hydrogen-bond donors (Lipinski definition) is 0. The van der Waals surface area contributed by atoms with E-state index in [2.05, 4.69) is 38.0 Å². The zero-order valence-corrected chi connectivity index (χ0v) is 13.5. The molecule has 0 atom stereocenters. The molecular formula is C17H15BrN2O. The largest absolute Gasteiger partial charge is 0.436 e. The van der Waals surface area contributed by atoms with Gasteiger partial charge in [-0.25, -0.2) is 9.97 Å². The topological polar surface area (TPSA) is 35.0 Å². The summed E-state index contributed by atoms with van der Waals surface area (Å²) in [7, 11) is 0. The van der Waals surface area contributed by atoms with Crippen LogP contribution in [0, 0.1) is 13.8 Å². The predicted octanol–water partition coefficient (Wildman–Crippen LogP) is 4.93. The fourth-order valence-electron chi connectivity index (χ4n) is 2.20. The highest BCUT2D eigenvalue weighted by Gasteiger charge is 2.08. The summed E-state index contributed by atoms with van der Waals surface area (Å²) in [6, 6.07) is 12.0. The van der Waals surface area contributed by atoms with E-state index >= 15 is 0 Å². The van der Waals surface area contributed by atoms with Crippen LogP contribution < -0.4 is 4.74 Å². The van der Waals surface area contributed by atoms with Crippen LogP contribution in [-0.2, 0) is 5.33 Å². The molecule has 21 heavy (non-hydrogen) atoms. The molecule has 0 aliphatic heterocycles. The van der Waals surface area contributed by atoms with Gasteiger partial charge in [-0.2, -0.15) is 0 Å². The van der Waals surface area contributed by atoms with Crippen LogP contribution in [0.15, 0.2) is 42.6 Å². The molecule has 1 aromatic carbocycles. The molecule has 0 amide bonds. The predicted molar refractivity (Wildman–Crippen MR) is 88.2 cm³/mol. The Morgan fingerprint density at radius 2 is 2.00 bits per heavy atom. The normalized spacial score (nSPS) is 10.8. The summed E-state index contributed by atoms with van der Waals surface area (Å²) in [6.45, 7) is 3.98. The second kappa shape index (κ2) is 5.82. The van der Waals surface area contributed by atoms with Gasteiger partial charge in [0.05, 0.1) is 0 Å². The van der Waals surface area contributed by atoms with Crippen molar-refractivity contribution in [3.63, 3.8) is 0 Å². The third-order valence-electron chi connectivity index (χ3n) is 3.27. The van der Waals surface area contributed by atoms with E-state index < -0.39 is 0 Å². The van der Waals surface area contributed by atoms with E-state index in [4.69, 9.17) is 4.74 Å². The van der Waals surface area contributed by atoms with Crippen LogP contribution in [0.4, 0.5) is 0 Å². The summed E-state index contributed by atoms with van der Waals surface area (Å²) in [5.41, 5.74) is 3.98. The monoisotopic (exact) mass is 342 g/mol. The second-order valence-corrected chi connectivity index (χ2v) is 5.54. The van der Waals surface area contributed by atoms with E-state index in [9.17, 15) is 0 Å². The minimum atomic E-state index is 0.621. The van der Waals surface area contributed by atoms with Crippen molar-refractivity contribution < 1.29 is 4.74 Å². The Morgan fingerprint density at radius 1 is 1.14 bits per heavy atom. The lowest BCUT2D eigenvalue weighted by molar-refractivity contribution is 0.462. The van der Waals surface area contributed by atoms with Crippen LogP contribution in [0.25, 0.3) is 10.9 Å². The van der Waals surface area contributed by atoms with Gasteiger partial charge in [-0.05, 0) is 37.6 Å². The van der Waals surface area contributed by atoms with E-state index in [1.807, 2.05) is 44.3 Å². The lowest BCUT2D eigenvalue weighted by Crippen LogP contribution is -1.95. The van der Waals surface area contributed by atoms with Gasteiger partial charge in [-0.1, -0.05) is 34.1 Å². The summed E-state index contributed by atoms with van der Waals surface area (Å²) in [5.74, 6) is 1.36. The molecular weight excluding hydrogens is 328 g/mol. The molecule has 3 rings (SSSR count). The summed E-state index contributed by atoms with van der Waals surface area (Å²) in [4.78, 5) is 8.97. The molecule has 2 aromatic heterocycles. The van der Waals surface area contributed by atoms with Crippen LogP contribution in [0.3, 0.4) is 0 Å². The van der Waals surface area contributed by atoms with Gasteiger partial charge in [0, 0.05) is 28.2 Å². The van der Waals surface area contributed by atoms with Crippen molar-refractivity contribution in [2.24, 2.45) is 0 Å². The number of para-hydroxylation sites is 1. The Bertz CT molecular complexity index is 802. The van der Waals surface area contributed by atoms with E-state index in [-0.39, 0.29) is 0 Å². The minimum Gasteiger partial charge on any atom is -0.436 e. The molecule has 106 valence electrons. The molecule has 0 saturated heterocycles. The fraction of sp³-hybridized carbons (Fsp3) is 0.176. The SMILES string of the molecule is Cc1ccc2cccc(Oc3ncc(CBr)cc3C)c2n1. The maximum atomic E-state index is 5.99. The van der Waals surface area contributed by atoms with E-state index in [0.717, 1.165) is 38.8 Å². The molecule has 3 aromatic rings. The lowest BCUT2D eigenvalue weighted by Gasteiger charge is -2.10. The molecule has 0 aliphatic carbocycles. The van der Waals surface area contributed by atoms with Crippen molar-refractivity contribution in [1.29, 1.82) is 0 Å². The maximum absolute atomic E-state index is 5.99. The number of benzene rings is 1. The van der Waals surface area contributed by atoms with Gasteiger partial charge in [0.1, 0.15) is 5.52 Å². The highest BCUT2D eigenvalue weighted by molar-refractivity contribution is 9.08. The zero-order chi connectivity index (χ0) is 14.8. The number of halogens is 1. The second-order valence-electron chi connectivity index (χ2n) is 4.98. The average molecular weight is 343 g/mol. The van der Waals surface area contributed by atoms with Crippen LogP contribution in [-0.4, -0.2) is 9.97 Å². The molecule has 3 nitrogen and oxygen atoms in total. The molecule has 2 heterocycles. The molecule has 0 N–H and O–H groups in total. The Kier molecular flexibility index (Phi) is 3.88. The van der Waals surface area contributed by atoms with Gasteiger partial charge >= 0.3 is 0 Å². The van der Waals surface area contributed by atoms with E-state index in [0.29, 0.717) is 5.88 Å². The Balaban J connectivity index is 2.04. The Labute approximate surface area is 132 Å². The highest BCUT2D eigenvalue weighted by atomic mass is 79.9. The average Bonchev–Trinajstić information content (AvgIpc) is 2.49. The third kappa shape index (κ3) is 2.90. The number of fused-ring (bicyclic) bond motifs is 1. The molecule has 0 bridgehead atoms. The van der Waals surface area contributed by atoms with Gasteiger partial charge in [0.2, 0.25) is 5.88 Å². The van der Waals surface area contributed by atoms with Crippen molar-refractivity contribution in [1.82, 2.24) is 9.97 Å². The summed E-state index contributed by atoms with van der Waals surface area (Å²) >= 11 is 3.43. The number of hydrogen-bond acceptors (Lipinski definition) is 3. The van der Waals surface area contributed by atoms with Crippen molar-refractivity contribution in [3.8, 4) is 11.6 Å². The number of nitrogens with zero attached hydrogens (tertiary/aromatic N) is 2. The van der Waals surface area contributed by atoms with Gasteiger partial charge < -0.3 is 4.74 Å². The third-order valence-corrected chi connectivity index (χ3v) is 3.92. The number of rotatable bonds is 3. The van der Waals surface area contributed by atoms with Crippen molar-refractivity contribution in [3.05, 3.63) is 59.4 Å². The minimum absolute atomic E-state index is 0.621. The molecule has 4 heteroatoms. The standard InChI is InChI=1S/C17H15BrN2O/c1-11-8-13(9-18)10-19-17(11)21-15-5-3-4-14-7-6-12(2)20-16(14)15/h3-8,10H,9H2,1-2H3. The summed E-state index contributed by atoms with van der Waals surface area (Å²) in [5, 5.41) is 1.85. The van der Waals surface area contributed by atoms with Crippen molar-refractivity contribution in [2.75, 3.05) is 0 Å². The Hall–Kier alpha value is -1.94. The van der Waals surface area contributed by atoms with Gasteiger partial charge in [-0.3, -0.25) is 0 Å². The number of ether oxygens (including phenoxy) is 1. The molecule has 0 spiro atoms. The maximum Gasteiger partial charge on any atom is 0.222 e. The van der Waals surface area contributed by atoms with E-state index in [1.54, 1.807) is 0 Å². The van der Waals surface area contributed by atoms with Crippen LogP contribution in [0.5, 0.6) is 11.6 Å². The van der Waals surface area contributed by atoms with Gasteiger partial charge in [-0.15, -0.1) is 0 Å². The number of pyridine rings is 2. The zero-order valence-electron chi connectivity index (χ0n) is 11.9. The van der Waals surface area contributed by atoms with Gasteiger partial charge in [0.25, 0.3) is 0 Å². The van der Waals surface area contributed by atoms with Crippen molar-refractivity contribution >= 4 is 26.8 Å². The summed E-state index contributed by atoms with van der Waals surface area (Å²) in [6.07, 6.45) is 1.82. The summed E-state index contributed by atoms with van der Waals surface area (Å²) < 4.78 is 5.99. The van der Waals surface area contributed by atoms with Crippen LogP contribution >= 0.6 is 15.9 Å². The molecule has 0 saturated carbocycles. The smallest absolute Gasteiger partial charge is 0.222 e. The highest BCUT2D eigenvalue weighted by Crippen LogP contribution is 2.29. The van der Waals surface area contributed by atoms with E-state index in [1.165, 1.54) is 0 Å². The van der Waals surface area contributed by atoms with Gasteiger partial charge in [0.15, 0.2) is 5.75 Å². The molecule has 0 unspecified atom stereocenters. The number of aryl methyl sites for hydroxylation is 2. The lowest BCUT2D eigenvalue weighted by atomic mass is 10.2. The first-order chi connectivity index (χ1) is 10.2. The molecule has 0 aliphatic rings. The van der Waals surface area contributed by atoms with Crippen LogP contribution in [0.1, 0.15) is 16.8 Å². The molecule has 0 radical (unpaired) electrons. The first-order valence-electron chi connectivity index (χ1n) is 6.73. The quantitative estimate of drug-likeness (QED) is 0.632. The first-order valence-corrected chi connectivity index (χ1v) is 7.85. The van der Waals surface area contributed by atoms with Crippen molar-refractivity contribution in [2.45, 2.75) is 19.2 Å². The molecule has 0 fully saturated rings. The fourth-order valence-corrected chi connectivity index (χ4v) is 2.51. The number of alkyl halides is 1. The van der Waals surface area contributed by atoms with Crippen LogP contribution in [0.2, 0.25) is 0 Å².